The highest BCUT2D eigenvalue weighted by molar-refractivity contribution is 5.64. The topological polar surface area (TPSA) is 58.6 Å². The first-order chi connectivity index (χ1) is 4.66. The zero-order chi connectivity index (χ0) is 7.98. The van der Waals surface area contributed by atoms with Crippen LogP contribution in [-0.2, 0) is 4.74 Å². The fraction of sp³-hybridized carbons (Fsp3) is 0.833. The van der Waals surface area contributed by atoms with Crippen molar-refractivity contribution in [3.8, 4) is 0 Å². The first-order valence-corrected chi connectivity index (χ1v) is 3.24. The molecule has 0 aliphatic rings. The van der Waals surface area contributed by atoms with Gasteiger partial charge in [-0.05, 0) is 13.8 Å². The Morgan fingerprint density at radius 3 is 2.80 bits per heavy atom. The highest BCUT2D eigenvalue weighted by Crippen LogP contribution is 1.82. The SMILES string of the molecule is CCOC[C@H](C)NC(=O)O. The number of nitrogens with one attached hydrogen (secondary N) is 1. The predicted molar refractivity (Wildman–Crippen MR) is 37.1 cm³/mol. The minimum absolute atomic E-state index is 0.127. The van der Waals surface area contributed by atoms with Crippen molar-refractivity contribution >= 4 is 6.09 Å². The molecule has 1 atom stereocenters. The van der Waals surface area contributed by atoms with Crippen LogP contribution in [0.1, 0.15) is 13.8 Å². The van der Waals surface area contributed by atoms with Crippen molar-refractivity contribution < 1.29 is 14.6 Å². The highest BCUT2D eigenvalue weighted by Gasteiger charge is 2.02. The number of hydrogen-bond acceptors (Lipinski definition) is 2. The van der Waals surface area contributed by atoms with Crippen LogP contribution in [0.5, 0.6) is 0 Å². The largest absolute Gasteiger partial charge is 0.465 e. The molecule has 0 aromatic heterocycles. The average Bonchev–Trinajstić information content (AvgIpc) is 1.82. The number of amides is 1. The molecule has 1 amide bonds. The molecular weight excluding hydrogens is 134 g/mol. The van der Waals surface area contributed by atoms with Crippen LogP contribution in [0.25, 0.3) is 0 Å². The molecule has 0 aliphatic heterocycles. The van der Waals surface area contributed by atoms with Gasteiger partial charge < -0.3 is 15.2 Å². The lowest BCUT2D eigenvalue weighted by molar-refractivity contribution is 0.123. The van der Waals surface area contributed by atoms with Crippen molar-refractivity contribution in [2.24, 2.45) is 0 Å². The Kier molecular flexibility index (Phi) is 4.66. The molecule has 2 N–H and O–H groups in total. The predicted octanol–water partition coefficient (Wildman–Crippen LogP) is 0.679. The van der Waals surface area contributed by atoms with Crippen molar-refractivity contribution in [3.05, 3.63) is 0 Å². The summed E-state index contributed by atoms with van der Waals surface area (Å²) in [5.74, 6) is 0. The summed E-state index contributed by atoms with van der Waals surface area (Å²) >= 11 is 0. The third-order valence-electron chi connectivity index (χ3n) is 0.942. The van der Waals surface area contributed by atoms with Crippen molar-refractivity contribution in [3.63, 3.8) is 0 Å². The molecule has 0 radical (unpaired) electrons. The van der Waals surface area contributed by atoms with Gasteiger partial charge in [-0.15, -0.1) is 0 Å². The van der Waals surface area contributed by atoms with Gasteiger partial charge in [0.2, 0.25) is 0 Å². The summed E-state index contributed by atoms with van der Waals surface area (Å²) in [6.45, 7) is 4.67. The number of carboxylic acid groups (broad SMARTS) is 1. The van der Waals surface area contributed by atoms with Crippen LogP contribution in [-0.4, -0.2) is 30.5 Å². The van der Waals surface area contributed by atoms with E-state index in [1.165, 1.54) is 0 Å². The van der Waals surface area contributed by atoms with Crippen LogP contribution >= 0.6 is 0 Å². The van der Waals surface area contributed by atoms with E-state index in [0.29, 0.717) is 13.2 Å². The maximum absolute atomic E-state index is 10.0. The van der Waals surface area contributed by atoms with Crippen LogP contribution in [0, 0.1) is 0 Å². The maximum Gasteiger partial charge on any atom is 0.404 e. The summed E-state index contributed by atoms with van der Waals surface area (Å²) in [7, 11) is 0. The second-order valence-corrected chi connectivity index (χ2v) is 2.01. The molecular formula is C6H13NO3. The Bertz CT molecular complexity index is 105. The molecule has 4 heteroatoms. The van der Waals surface area contributed by atoms with Gasteiger partial charge in [-0.25, -0.2) is 4.79 Å². The van der Waals surface area contributed by atoms with Gasteiger partial charge in [0.25, 0.3) is 0 Å². The molecule has 0 saturated heterocycles. The van der Waals surface area contributed by atoms with E-state index in [1.807, 2.05) is 6.92 Å². The van der Waals surface area contributed by atoms with Gasteiger partial charge in [0.15, 0.2) is 0 Å². The lowest BCUT2D eigenvalue weighted by Gasteiger charge is -2.09. The van der Waals surface area contributed by atoms with Gasteiger partial charge in [0, 0.05) is 6.61 Å². The summed E-state index contributed by atoms with van der Waals surface area (Å²) in [4.78, 5) is 10.0. The molecule has 4 nitrogen and oxygen atoms in total. The fourth-order valence-corrected chi connectivity index (χ4v) is 0.547. The number of rotatable bonds is 4. The van der Waals surface area contributed by atoms with Gasteiger partial charge in [-0.2, -0.15) is 0 Å². The lowest BCUT2D eigenvalue weighted by Crippen LogP contribution is -2.34. The van der Waals surface area contributed by atoms with Crippen LogP contribution < -0.4 is 5.32 Å². The van der Waals surface area contributed by atoms with Crippen molar-refractivity contribution in [1.82, 2.24) is 5.32 Å². The molecule has 0 aromatic carbocycles. The van der Waals surface area contributed by atoms with E-state index in [2.05, 4.69) is 5.32 Å². The highest BCUT2D eigenvalue weighted by atomic mass is 16.5. The Labute approximate surface area is 60.2 Å². The van der Waals surface area contributed by atoms with Crippen LogP contribution in [0.3, 0.4) is 0 Å². The summed E-state index contributed by atoms with van der Waals surface area (Å²) in [6.07, 6.45) is -1.01. The van der Waals surface area contributed by atoms with E-state index in [4.69, 9.17) is 9.84 Å². The smallest absolute Gasteiger partial charge is 0.404 e. The summed E-state index contributed by atoms with van der Waals surface area (Å²) in [5, 5.41) is 10.5. The molecule has 0 fully saturated rings. The first-order valence-electron chi connectivity index (χ1n) is 3.24. The van der Waals surface area contributed by atoms with E-state index >= 15 is 0 Å². The Morgan fingerprint density at radius 2 is 2.40 bits per heavy atom. The normalized spacial score (nSPS) is 12.6. The van der Waals surface area contributed by atoms with Crippen LogP contribution in [0.2, 0.25) is 0 Å². The lowest BCUT2D eigenvalue weighted by atomic mass is 10.4. The first kappa shape index (κ1) is 9.23. The third kappa shape index (κ3) is 5.37. The molecule has 0 aromatic rings. The molecule has 10 heavy (non-hydrogen) atoms. The molecule has 0 heterocycles. The maximum atomic E-state index is 10.0. The molecule has 0 rings (SSSR count). The number of hydrogen-bond donors (Lipinski definition) is 2. The zero-order valence-corrected chi connectivity index (χ0v) is 6.26. The molecule has 0 saturated carbocycles. The van der Waals surface area contributed by atoms with Crippen LogP contribution in [0.15, 0.2) is 0 Å². The van der Waals surface area contributed by atoms with Crippen molar-refractivity contribution in [2.45, 2.75) is 19.9 Å². The minimum atomic E-state index is -1.01. The molecule has 60 valence electrons. The minimum Gasteiger partial charge on any atom is -0.465 e. The van der Waals surface area contributed by atoms with E-state index < -0.39 is 6.09 Å². The number of carbonyl (C=O) groups is 1. The van der Waals surface area contributed by atoms with Crippen molar-refractivity contribution in [1.29, 1.82) is 0 Å². The molecule has 0 spiro atoms. The standard InChI is InChI=1S/C6H13NO3/c1-3-10-4-5(2)7-6(8)9/h5,7H,3-4H2,1-2H3,(H,8,9)/t5-/m0/s1. The van der Waals surface area contributed by atoms with E-state index in [9.17, 15) is 4.79 Å². The Balaban J connectivity index is 3.25. The van der Waals surface area contributed by atoms with E-state index in [1.54, 1.807) is 6.92 Å². The molecule has 0 bridgehead atoms. The van der Waals surface area contributed by atoms with Gasteiger partial charge >= 0.3 is 6.09 Å². The molecule has 0 aliphatic carbocycles. The van der Waals surface area contributed by atoms with Gasteiger partial charge in [0.1, 0.15) is 0 Å². The number of ether oxygens (including phenoxy) is 1. The summed E-state index contributed by atoms with van der Waals surface area (Å²) < 4.78 is 4.97. The Morgan fingerprint density at radius 1 is 1.80 bits per heavy atom. The fourth-order valence-electron chi connectivity index (χ4n) is 0.547. The quantitative estimate of drug-likeness (QED) is 0.614. The monoisotopic (exact) mass is 147 g/mol. The van der Waals surface area contributed by atoms with E-state index in [0.717, 1.165) is 0 Å². The molecule has 0 unspecified atom stereocenters. The van der Waals surface area contributed by atoms with E-state index in [-0.39, 0.29) is 6.04 Å². The zero-order valence-electron chi connectivity index (χ0n) is 6.26. The van der Waals surface area contributed by atoms with Crippen LogP contribution in [0.4, 0.5) is 4.79 Å². The summed E-state index contributed by atoms with van der Waals surface area (Å²) in [6, 6.07) is -0.127. The second-order valence-electron chi connectivity index (χ2n) is 2.01. The van der Waals surface area contributed by atoms with Crippen molar-refractivity contribution in [2.75, 3.05) is 13.2 Å². The third-order valence-corrected chi connectivity index (χ3v) is 0.942. The Hall–Kier alpha value is -0.770. The van der Waals surface area contributed by atoms with Gasteiger partial charge in [-0.3, -0.25) is 0 Å². The summed E-state index contributed by atoms with van der Waals surface area (Å²) in [5.41, 5.74) is 0. The second kappa shape index (κ2) is 5.05. The van der Waals surface area contributed by atoms with Gasteiger partial charge in [0.05, 0.1) is 12.6 Å². The van der Waals surface area contributed by atoms with Gasteiger partial charge in [-0.1, -0.05) is 0 Å². The average molecular weight is 147 g/mol.